The standard InChI is InChI=1S/C37H30Si/c1-2-28-38(33-26-16-7-17-27-33)36(31-22-12-5-13-23-31)34(29-18-8-3-9-19-29)35(30-20-10-4-11-21-30)37(38)32-24-14-6-15-25-32/h2-27H,1,28H2. The average molecular weight is 503 g/mol. The van der Waals surface area contributed by atoms with Gasteiger partial charge in [0.25, 0.3) is 0 Å². The van der Waals surface area contributed by atoms with Crippen LogP contribution in [0.5, 0.6) is 0 Å². The average Bonchev–Trinajstić information content (AvgIpc) is 3.31. The second-order valence-electron chi connectivity index (χ2n) is 9.73. The highest BCUT2D eigenvalue weighted by molar-refractivity contribution is 7.22. The van der Waals surface area contributed by atoms with Crippen LogP contribution in [0.1, 0.15) is 22.3 Å². The Hall–Kier alpha value is -4.46. The van der Waals surface area contributed by atoms with Crippen molar-refractivity contribution in [1.82, 2.24) is 0 Å². The van der Waals surface area contributed by atoms with Crippen LogP contribution >= 0.6 is 0 Å². The zero-order valence-electron chi connectivity index (χ0n) is 21.4. The maximum Gasteiger partial charge on any atom is 0.155 e. The molecule has 0 aromatic heterocycles. The summed E-state index contributed by atoms with van der Waals surface area (Å²) in [7, 11) is -2.60. The fourth-order valence-corrected chi connectivity index (χ4v) is 11.5. The molecule has 5 aromatic carbocycles. The van der Waals surface area contributed by atoms with Gasteiger partial charge in [0.15, 0.2) is 8.07 Å². The molecule has 0 amide bonds. The van der Waals surface area contributed by atoms with Crippen LogP contribution in [0.3, 0.4) is 0 Å². The highest BCUT2D eigenvalue weighted by Gasteiger charge is 2.50. The molecule has 0 aliphatic carbocycles. The first kappa shape index (κ1) is 23.9. The van der Waals surface area contributed by atoms with E-state index in [0.29, 0.717) is 0 Å². The molecule has 1 aliphatic rings. The van der Waals surface area contributed by atoms with Crippen molar-refractivity contribution < 1.29 is 0 Å². The van der Waals surface area contributed by atoms with Gasteiger partial charge in [-0.3, -0.25) is 0 Å². The topological polar surface area (TPSA) is 0 Å². The number of hydrogen-bond donors (Lipinski definition) is 0. The predicted octanol–water partition coefficient (Wildman–Crippen LogP) is 8.84. The summed E-state index contributed by atoms with van der Waals surface area (Å²) < 4.78 is 0. The molecule has 182 valence electrons. The molecule has 1 aliphatic heterocycles. The van der Waals surface area contributed by atoms with Crippen LogP contribution < -0.4 is 5.19 Å². The number of rotatable bonds is 7. The Bertz CT molecular complexity index is 1500. The van der Waals surface area contributed by atoms with Gasteiger partial charge in [-0.2, -0.15) is 0 Å². The monoisotopic (exact) mass is 502 g/mol. The van der Waals surface area contributed by atoms with Crippen LogP contribution in [0.2, 0.25) is 6.04 Å². The Balaban J connectivity index is 1.87. The van der Waals surface area contributed by atoms with Crippen molar-refractivity contribution >= 4 is 34.8 Å². The molecule has 0 saturated carbocycles. The van der Waals surface area contributed by atoms with Crippen molar-refractivity contribution in [2.45, 2.75) is 6.04 Å². The van der Waals surface area contributed by atoms with Crippen molar-refractivity contribution in [2.24, 2.45) is 0 Å². The van der Waals surface area contributed by atoms with Crippen LogP contribution in [0, 0.1) is 0 Å². The Labute approximate surface area is 227 Å². The third kappa shape index (κ3) is 4.02. The van der Waals surface area contributed by atoms with Gasteiger partial charge >= 0.3 is 0 Å². The molecule has 0 unspecified atom stereocenters. The van der Waals surface area contributed by atoms with Crippen LogP contribution in [0.15, 0.2) is 164 Å². The Morgan fingerprint density at radius 2 is 0.737 bits per heavy atom. The summed E-state index contributed by atoms with van der Waals surface area (Å²) in [4.78, 5) is 0. The van der Waals surface area contributed by atoms with E-state index in [1.54, 1.807) is 0 Å². The molecular formula is C37H30Si. The summed E-state index contributed by atoms with van der Waals surface area (Å²) in [5, 5.41) is 4.35. The van der Waals surface area contributed by atoms with Crippen molar-refractivity contribution in [3.8, 4) is 0 Å². The van der Waals surface area contributed by atoms with Gasteiger partial charge in [0.1, 0.15) is 0 Å². The smallest absolute Gasteiger partial charge is 0.103 e. The summed E-state index contributed by atoms with van der Waals surface area (Å²) in [6.45, 7) is 4.34. The minimum absolute atomic E-state index is 0.915. The maximum absolute atomic E-state index is 4.34. The van der Waals surface area contributed by atoms with Crippen LogP contribution in [-0.4, -0.2) is 8.07 Å². The van der Waals surface area contributed by atoms with Crippen LogP contribution in [-0.2, 0) is 0 Å². The molecule has 38 heavy (non-hydrogen) atoms. The van der Waals surface area contributed by atoms with E-state index in [9.17, 15) is 0 Å². The fourth-order valence-electron chi connectivity index (χ4n) is 6.13. The normalized spacial score (nSPS) is 14.5. The quantitative estimate of drug-likeness (QED) is 0.154. The predicted molar refractivity (Wildman–Crippen MR) is 166 cm³/mol. The second kappa shape index (κ2) is 10.5. The summed E-state index contributed by atoms with van der Waals surface area (Å²) >= 11 is 0. The number of benzene rings is 5. The number of allylic oxidation sites excluding steroid dienone is 3. The first-order chi connectivity index (χ1) is 18.8. The van der Waals surface area contributed by atoms with E-state index in [2.05, 4.69) is 164 Å². The molecule has 0 spiro atoms. The van der Waals surface area contributed by atoms with Gasteiger partial charge in [-0.25, -0.2) is 0 Å². The van der Waals surface area contributed by atoms with Crippen molar-refractivity contribution in [3.05, 3.63) is 187 Å². The van der Waals surface area contributed by atoms with Gasteiger partial charge in [-0.15, -0.1) is 6.58 Å². The second-order valence-corrected chi connectivity index (χ2v) is 13.5. The van der Waals surface area contributed by atoms with Gasteiger partial charge < -0.3 is 0 Å². The minimum atomic E-state index is -2.60. The molecule has 0 N–H and O–H groups in total. The van der Waals surface area contributed by atoms with Crippen molar-refractivity contribution in [1.29, 1.82) is 0 Å². The molecule has 5 aromatic rings. The molecule has 1 heterocycles. The molecular weight excluding hydrogens is 472 g/mol. The van der Waals surface area contributed by atoms with E-state index in [-0.39, 0.29) is 0 Å². The van der Waals surface area contributed by atoms with Gasteiger partial charge in [-0.1, -0.05) is 158 Å². The van der Waals surface area contributed by atoms with E-state index in [1.165, 1.54) is 49.0 Å². The molecule has 1 heteroatoms. The summed E-state index contributed by atoms with van der Waals surface area (Å²) in [6.07, 6.45) is 2.15. The molecule has 0 saturated heterocycles. The molecule has 0 atom stereocenters. The lowest BCUT2D eigenvalue weighted by atomic mass is 9.89. The van der Waals surface area contributed by atoms with E-state index >= 15 is 0 Å². The highest BCUT2D eigenvalue weighted by Crippen LogP contribution is 2.56. The Kier molecular flexibility index (Phi) is 6.60. The summed E-state index contributed by atoms with van der Waals surface area (Å²) in [5.41, 5.74) is 7.80. The van der Waals surface area contributed by atoms with Crippen LogP contribution in [0.4, 0.5) is 0 Å². The van der Waals surface area contributed by atoms with Gasteiger partial charge in [-0.05, 0) is 55.0 Å². The van der Waals surface area contributed by atoms with Crippen molar-refractivity contribution in [3.63, 3.8) is 0 Å². The molecule has 0 radical (unpaired) electrons. The summed E-state index contributed by atoms with van der Waals surface area (Å²) in [5.74, 6) is 0. The fraction of sp³-hybridized carbons (Fsp3) is 0.0270. The largest absolute Gasteiger partial charge is 0.155 e. The molecule has 0 nitrogen and oxygen atoms in total. The lowest BCUT2D eigenvalue weighted by Gasteiger charge is -2.34. The number of hydrogen-bond acceptors (Lipinski definition) is 0. The first-order valence-corrected chi connectivity index (χ1v) is 15.4. The summed E-state index contributed by atoms with van der Waals surface area (Å²) in [6, 6.07) is 56.2. The van der Waals surface area contributed by atoms with Gasteiger partial charge in [0.05, 0.1) is 0 Å². The third-order valence-corrected chi connectivity index (χ3v) is 12.6. The maximum atomic E-state index is 4.34. The minimum Gasteiger partial charge on any atom is -0.103 e. The zero-order chi connectivity index (χ0) is 25.8. The zero-order valence-corrected chi connectivity index (χ0v) is 22.4. The van der Waals surface area contributed by atoms with Crippen LogP contribution in [0.25, 0.3) is 21.5 Å². The molecule has 6 rings (SSSR count). The Morgan fingerprint density at radius 3 is 1.08 bits per heavy atom. The lowest BCUT2D eigenvalue weighted by Crippen LogP contribution is -2.49. The van der Waals surface area contributed by atoms with Gasteiger partial charge in [0, 0.05) is 0 Å². The molecule has 0 fully saturated rings. The first-order valence-electron chi connectivity index (χ1n) is 13.2. The lowest BCUT2D eigenvalue weighted by molar-refractivity contribution is 1.56. The van der Waals surface area contributed by atoms with E-state index in [1.807, 2.05) is 0 Å². The Morgan fingerprint density at radius 1 is 0.421 bits per heavy atom. The highest BCUT2D eigenvalue weighted by atomic mass is 28.3. The van der Waals surface area contributed by atoms with Gasteiger partial charge in [0.2, 0.25) is 0 Å². The SMILES string of the molecule is C=CC[Si]1(c2ccccc2)C(c2ccccc2)=C(c2ccccc2)C(c2ccccc2)=C1c1ccccc1. The molecule has 0 bridgehead atoms. The van der Waals surface area contributed by atoms with E-state index in [0.717, 1.165) is 6.04 Å². The van der Waals surface area contributed by atoms with E-state index in [4.69, 9.17) is 0 Å². The van der Waals surface area contributed by atoms with Crippen molar-refractivity contribution in [2.75, 3.05) is 0 Å². The van der Waals surface area contributed by atoms with E-state index < -0.39 is 8.07 Å². The third-order valence-electron chi connectivity index (χ3n) is 7.57.